The van der Waals surface area contributed by atoms with Crippen LogP contribution in [0.5, 0.6) is 5.75 Å². The van der Waals surface area contributed by atoms with E-state index in [9.17, 15) is 14.3 Å². The summed E-state index contributed by atoms with van der Waals surface area (Å²) in [5.41, 5.74) is 0.788. The molecule has 0 aliphatic rings. The predicted octanol–water partition coefficient (Wildman–Crippen LogP) is 1.24. The van der Waals surface area contributed by atoms with Crippen LogP contribution in [0.15, 0.2) is 42.6 Å². The number of amides is 2. The second-order valence-corrected chi connectivity index (χ2v) is 5.53. The number of rotatable bonds is 9. The highest BCUT2D eigenvalue weighted by Crippen LogP contribution is 2.16. The lowest BCUT2D eigenvalue weighted by Gasteiger charge is -2.14. The van der Waals surface area contributed by atoms with Gasteiger partial charge in [-0.25, -0.2) is 9.78 Å². The summed E-state index contributed by atoms with van der Waals surface area (Å²) in [4.78, 5) is 15.1. The third kappa shape index (κ3) is 7.27. The highest BCUT2D eigenvalue weighted by atomic mass is 19.1. The van der Waals surface area contributed by atoms with Crippen LogP contribution in [0.25, 0.3) is 0 Å². The first-order chi connectivity index (χ1) is 13.1. The fourth-order valence-corrected chi connectivity index (χ4v) is 2.09. The number of benzene rings is 1. The molecule has 2 amide bonds. The fourth-order valence-electron chi connectivity index (χ4n) is 2.09. The zero-order valence-corrected chi connectivity index (χ0v) is 14.5. The Morgan fingerprint density at radius 1 is 1.30 bits per heavy atom. The summed E-state index contributed by atoms with van der Waals surface area (Å²) in [6, 6.07) is 10.9. The molecule has 1 atom stereocenters. The van der Waals surface area contributed by atoms with Gasteiger partial charge < -0.3 is 25.8 Å². The maximum atomic E-state index is 12.7. The third-order valence-electron chi connectivity index (χ3n) is 3.39. The fraction of sp³-hybridized carbons (Fsp3) is 0.278. The van der Waals surface area contributed by atoms with Crippen molar-refractivity contribution in [2.24, 2.45) is 0 Å². The highest BCUT2D eigenvalue weighted by Gasteiger charge is 2.08. The van der Waals surface area contributed by atoms with Crippen molar-refractivity contribution in [2.75, 3.05) is 31.6 Å². The van der Waals surface area contributed by atoms with Gasteiger partial charge in [0.15, 0.2) is 0 Å². The van der Waals surface area contributed by atoms with Gasteiger partial charge in [0.05, 0.1) is 17.4 Å². The van der Waals surface area contributed by atoms with E-state index >= 15 is 0 Å². The number of nitriles is 1. The number of carbonyl (C=O) groups excluding carboxylic acids is 1. The largest absolute Gasteiger partial charge is 0.489 e. The van der Waals surface area contributed by atoms with Gasteiger partial charge in [-0.05, 0) is 24.3 Å². The van der Waals surface area contributed by atoms with E-state index in [1.54, 1.807) is 24.3 Å². The Balaban J connectivity index is 1.57. The van der Waals surface area contributed by atoms with Crippen molar-refractivity contribution in [1.82, 2.24) is 15.6 Å². The Labute approximate surface area is 156 Å². The minimum atomic E-state index is -0.768. The first-order valence-electron chi connectivity index (χ1n) is 8.25. The van der Waals surface area contributed by atoms with Gasteiger partial charge in [0.25, 0.3) is 0 Å². The number of ether oxygens (including phenoxy) is 1. The van der Waals surface area contributed by atoms with Gasteiger partial charge in [-0.3, -0.25) is 0 Å². The summed E-state index contributed by atoms with van der Waals surface area (Å²) >= 11 is 0. The molecule has 0 aliphatic heterocycles. The molecule has 9 heteroatoms. The standard InChI is InChI=1S/C18H20FN5O3/c19-17-6-5-14(10-23-17)24-18(26)22-8-7-21-11-15(25)12-27-16-4-2-1-3-13(16)9-20/h1-6,10,15,21,25H,7-8,11-12H2,(H2,22,24,26)/t15-/m0/s1. The van der Waals surface area contributed by atoms with E-state index in [4.69, 9.17) is 10.00 Å². The van der Waals surface area contributed by atoms with Crippen LogP contribution < -0.4 is 20.7 Å². The number of aromatic nitrogens is 1. The van der Waals surface area contributed by atoms with Gasteiger partial charge in [-0.1, -0.05) is 12.1 Å². The van der Waals surface area contributed by atoms with E-state index in [-0.39, 0.29) is 13.2 Å². The molecule has 0 unspecified atom stereocenters. The zero-order valence-electron chi connectivity index (χ0n) is 14.5. The summed E-state index contributed by atoms with van der Waals surface area (Å²) in [7, 11) is 0. The molecule has 1 aromatic heterocycles. The van der Waals surface area contributed by atoms with Crippen molar-refractivity contribution in [3.05, 3.63) is 54.1 Å². The van der Waals surface area contributed by atoms with Crippen molar-refractivity contribution in [1.29, 1.82) is 5.26 Å². The Morgan fingerprint density at radius 2 is 2.11 bits per heavy atom. The number of urea groups is 1. The SMILES string of the molecule is N#Cc1ccccc1OC[C@@H](O)CNCCNC(=O)Nc1ccc(F)nc1. The van der Waals surface area contributed by atoms with Crippen LogP contribution in [0.1, 0.15) is 5.56 Å². The number of hydrogen-bond acceptors (Lipinski definition) is 6. The quantitative estimate of drug-likeness (QED) is 0.388. The molecule has 0 saturated heterocycles. The average Bonchev–Trinajstić information content (AvgIpc) is 2.68. The van der Waals surface area contributed by atoms with Crippen LogP contribution in [0, 0.1) is 17.3 Å². The summed E-state index contributed by atoms with van der Waals surface area (Å²) in [6.45, 7) is 1.06. The van der Waals surface area contributed by atoms with E-state index in [2.05, 4.69) is 20.9 Å². The first-order valence-corrected chi connectivity index (χ1v) is 8.25. The molecule has 27 heavy (non-hydrogen) atoms. The topological polar surface area (TPSA) is 119 Å². The number of nitrogens with one attached hydrogen (secondary N) is 3. The van der Waals surface area contributed by atoms with Crippen molar-refractivity contribution in [3.8, 4) is 11.8 Å². The molecule has 1 aromatic carbocycles. The molecule has 2 rings (SSSR count). The zero-order chi connectivity index (χ0) is 19.5. The maximum Gasteiger partial charge on any atom is 0.319 e. The molecule has 0 aliphatic carbocycles. The molecule has 0 fully saturated rings. The predicted molar refractivity (Wildman–Crippen MR) is 96.7 cm³/mol. The number of aliphatic hydroxyl groups excluding tert-OH is 1. The van der Waals surface area contributed by atoms with Crippen LogP contribution >= 0.6 is 0 Å². The lowest BCUT2D eigenvalue weighted by atomic mass is 10.2. The van der Waals surface area contributed by atoms with Gasteiger partial charge in [0, 0.05) is 19.6 Å². The molecule has 2 aromatic rings. The molecular weight excluding hydrogens is 353 g/mol. The molecule has 8 nitrogen and oxygen atoms in total. The number of nitrogens with zero attached hydrogens (tertiary/aromatic N) is 2. The Kier molecular flexibility index (Phi) is 7.96. The number of pyridine rings is 1. The Morgan fingerprint density at radius 3 is 2.85 bits per heavy atom. The smallest absolute Gasteiger partial charge is 0.319 e. The number of halogens is 1. The van der Waals surface area contributed by atoms with Gasteiger partial charge in [-0.2, -0.15) is 9.65 Å². The van der Waals surface area contributed by atoms with Crippen LogP contribution in [0.4, 0.5) is 14.9 Å². The summed E-state index contributed by atoms with van der Waals surface area (Å²) in [6.07, 6.45) is 0.449. The minimum absolute atomic E-state index is 0.0389. The molecule has 4 N–H and O–H groups in total. The van der Waals surface area contributed by atoms with Crippen molar-refractivity contribution >= 4 is 11.7 Å². The van der Waals surface area contributed by atoms with Gasteiger partial charge in [-0.15, -0.1) is 0 Å². The summed E-state index contributed by atoms with van der Waals surface area (Å²) in [5, 5.41) is 27.0. The molecule has 0 bridgehead atoms. The molecule has 1 heterocycles. The summed E-state index contributed by atoms with van der Waals surface area (Å²) < 4.78 is 18.1. The van der Waals surface area contributed by atoms with Gasteiger partial charge in [0.2, 0.25) is 5.95 Å². The van der Waals surface area contributed by atoms with Crippen LogP contribution in [-0.4, -0.2) is 48.5 Å². The van der Waals surface area contributed by atoms with Crippen molar-refractivity contribution in [3.63, 3.8) is 0 Å². The summed E-state index contributed by atoms with van der Waals surface area (Å²) in [5.74, 6) is -0.198. The van der Waals surface area contributed by atoms with E-state index in [0.29, 0.717) is 30.1 Å². The monoisotopic (exact) mass is 373 g/mol. The minimum Gasteiger partial charge on any atom is -0.489 e. The second-order valence-electron chi connectivity index (χ2n) is 5.53. The second kappa shape index (κ2) is 10.7. The normalized spacial score (nSPS) is 11.3. The van der Waals surface area contributed by atoms with Crippen LogP contribution in [0.3, 0.4) is 0 Å². The van der Waals surface area contributed by atoms with Gasteiger partial charge in [0.1, 0.15) is 24.5 Å². The van der Waals surface area contributed by atoms with E-state index < -0.39 is 18.1 Å². The number of hydrogen-bond donors (Lipinski definition) is 4. The van der Waals surface area contributed by atoms with E-state index in [0.717, 1.165) is 6.07 Å². The van der Waals surface area contributed by atoms with Crippen LogP contribution in [-0.2, 0) is 0 Å². The van der Waals surface area contributed by atoms with Gasteiger partial charge >= 0.3 is 6.03 Å². The van der Waals surface area contributed by atoms with Crippen molar-refractivity contribution in [2.45, 2.75) is 6.10 Å². The number of carbonyl (C=O) groups is 1. The Hall–Kier alpha value is -3.22. The molecule has 0 spiro atoms. The lowest BCUT2D eigenvalue weighted by molar-refractivity contribution is 0.106. The maximum absolute atomic E-state index is 12.7. The third-order valence-corrected chi connectivity index (χ3v) is 3.39. The number of para-hydroxylation sites is 1. The lowest BCUT2D eigenvalue weighted by Crippen LogP contribution is -2.38. The number of anilines is 1. The van der Waals surface area contributed by atoms with Crippen molar-refractivity contribution < 1.29 is 19.0 Å². The first kappa shape index (κ1) is 20.1. The highest BCUT2D eigenvalue weighted by molar-refractivity contribution is 5.88. The average molecular weight is 373 g/mol. The molecule has 142 valence electrons. The molecular formula is C18H20FN5O3. The Bertz CT molecular complexity index is 779. The van der Waals surface area contributed by atoms with E-state index in [1.807, 2.05) is 6.07 Å². The van der Waals surface area contributed by atoms with Crippen LogP contribution in [0.2, 0.25) is 0 Å². The van der Waals surface area contributed by atoms with E-state index in [1.165, 1.54) is 12.3 Å². The number of aliphatic hydroxyl groups is 1. The molecule has 0 saturated carbocycles. The molecule has 0 radical (unpaired) electrons.